The number of aromatic nitrogens is 2. The van der Waals surface area contributed by atoms with Gasteiger partial charge in [-0.25, -0.2) is 13.8 Å². The maximum absolute atomic E-state index is 13.6. The summed E-state index contributed by atoms with van der Waals surface area (Å²) in [7, 11) is 0. The first-order valence-electron chi connectivity index (χ1n) is 9.17. The van der Waals surface area contributed by atoms with Crippen molar-refractivity contribution in [1.29, 1.82) is 0 Å². The molecule has 0 aliphatic carbocycles. The molecular formula is C21H21F2N3O3. The highest BCUT2D eigenvalue weighted by molar-refractivity contribution is 5.80. The number of hydrogen-bond acceptors (Lipinski definition) is 4. The van der Waals surface area contributed by atoms with E-state index in [2.05, 4.69) is 10.3 Å². The van der Waals surface area contributed by atoms with Crippen LogP contribution in [0.15, 0.2) is 47.5 Å². The van der Waals surface area contributed by atoms with E-state index in [-0.39, 0.29) is 36.8 Å². The van der Waals surface area contributed by atoms with E-state index in [1.54, 1.807) is 19.1 Å². The first-order chi connectivity index (χ1) is 13.8. The fourth-order valence-corrected chi connectivity index (χ4v) is 2.91. The summed E-state index contributed by atoms with van der Waals surface area (Å²) in [5.41, 5.74) is 1.36. The number of nitrogens with one attached hydrogen (secondary N) is 1. The number of nitrogens with zero attached hydrogens (tertiary/aromatic N) is 2. The van der Waals surface area contributed by atoms with Crippen molar-refractivity contribution in [3.05, 3.63) is 70.3 Å². The molecule has 6 nitrogen and oxygen atoms in total. The van der Waals surface area contributed by atoms with Crippen LogP contribution in [0, 0.1) is 18.6 Å². The Morgan fingerprint density at radius 1 is 1.28 bits per heavy atom. The van der Waals surface area contributed by atoms with Crippen LogP contribution in [0.5, 0.6) is 5.75 Å². The van der Waals surface area contributed by atoms with E-state index in [0.29, 0.717) is 10.9 Å². The zero-order chi connectivity index (χ0) is 21.0. The third-order valence-corrected chi connectivity index (χ3v) is 4.43. The lowest BCUT2D eigenvalue weighted by atomic mass is 10.1. The summed E-state index contributed by atoms with van der Waals surface area (Å²) >= 11 is 0. The van der Waals surface area contributed by atoms with E-state index in [1.807, 2.05) is 13.0 Å². The Kier molecular flexibility index (Phi) is 6.21. The molecule has 0 spiro atoms. The summed E-state index contributed by atoms with van der Waals surface area (Å²) in [6, 6.07) is 8.01. The number of fused-ring (bicyclic) bond motifs is 1. The van der Waals surface area contributed by atoms with Crippen LogP contribution >= 0.6 is 0 Å². The van der Waals surface area contributed by atoms with Gasteiger partial charge < -0.3 is 10.1 Å². The van der Waals surface area contributed by atoms with Crippen molar-refractivity contribution in [3.8, 4) is 5.75 Å². The Morgan fingerprint density at radius 3 is 2.83 bits per heavy atom. The molecule has 152 valence electrons. The number of hydrogen-bond donors (Lipinski definition) is 1. The quantitative estimate of drug-likeness (QED) is 0.661. The van der Waals surface area contributed by atoms with E-state index >= 15 is 0 Å². The standard InChI is InChI=1S/C21H21F2N3O3/c1-13-4-3-5-16-20(13)24-12-26(21(16)28)9-8-19(27)25-14(2)11-29-18-7-6-15(22)10-17(18)23/h3-7,10,12,14H,8-9,11H2,1-2H3,(H,25,27). The Labute approximate surface area is 166 Å². The van der Waals surface area contributed by atoms with Gasteiger partial charge >= 0.3 is 0 Å². The molecule has 1 atom stereocenters. The predicted molar refractivity (Wildman–Crippen MR) is 105 cm³/mol. The van der Waals surface area contributed by atoms with Gasteiger partial charge in [-0.05, 0) is 37.6 Å². The Balaban J connectivity index is 1.54. The van der Waals surface area contributed by atoms with E-state index in [0.717, 1.165) is 17.7 Å². The molecule has 2 aromatic carbocycles. The molecule has 0 bridgehead atoms. The lowest BCUT2D eigenvalue weighted by molar-refractivity contribution is -0.122. The molecule has 1 aromatic heterocycles. The summed E-state index contributed by atoms with van der Waals surface area (Å²) in [5, 5.41) is 3.23. The van der Waals surface area contributed by atoms with Gasteiger partial charge in [0.25, 0.3) is 5.56 Å². The summed E-state index contributed by atoms with van der Waals surface area (Å²) in [6.45, 7) is 3.78. The van der Waals surface area contributed by atoms with Crippen molar-refractivity contribution in [1.82, 2.24) is 14.9 Å². The molecule has 1 unspecified atom stereocenters. The smallest absolute Gasteiger partial charge is 0.261 e. The van der Waals surface area contributed by atoms with Crippen LogP contribution < -0.4 is 15.6 Å². The molecule has 1 N–H and O–H groups in total. The van der Waals surface area contributed by atoms with Crippen LogP contribution in [-0.4, -0.2) is 28.1 Å². The minimum atomic E-state index is -0.804. The van der Waals surface area contributed by atoms with Crippen molar-refractivity contribution in [2.45, 2.75) is 32.9 Å². The molecule has 0 saturated carbocycles. The topological polar surface area (TPSA) is 73.2 Å². The van der Waals surface area contributed by atoms with Crippen LogP contribution in [0.25, 0.3) is 10.9 Å². The fourth-order valence-electron chi connectivity index (χ4n) is 2.91. The van der Waals surface area contributed by atoms with Crippen molar-refractivity contribution in [2.75, 3.05) is 6.61 Å². The number of halogens is 2. The number of carbonyl (C=O) groups is 1. The Hall–Kier alpha value is -3.29. The van der Waals surface area contributed by atoms with Gasteiger partial charge in [0.15, 0.2) is 11.6 Å². The molecule has 29 heavy (non-hydrogen) atoms. The summed E-state index contributed by atoms with van der Waals surface area (Å²) in [5.74, 6) is -1.86. The molecular weight excluding hydrogens is 380 g/mol. The number of carbonyl (C=O) groups excluding carboxylic acids is 1. The zero-order valence-electron chi connectivity index (χ0n) is 16.1. The van der Waals surface area contributed by atoms with Crippen molar-refractivity contribution < 1.29 is 18.3 Å². The van der Waals surface area contributed by atoms with Gasteiger partial charge in [-0.15, -0.1) is 0 Å². The number of benzene rings is 2. The predicted octanol–water partition coefficient (Wildman–Crippen LogP) is 2.96. The average Bonchev–Trinajstić information content (AvgIpc) is 2.67. The van der Waals surface area contributed by atoms with Crippen LogP contribution in [0.2, 0.25) is 0 Å². The number of amides is 1. The molecule has 0 aliphatic rings. The lowest BCUT2D eigenvalue weighted by Crippen LogP contribution is -2.37. The van der Waals surface area contributed by atoms with Crippen LogP contribution in [0.1, 0.15) is 18.9 Å². The maximum atomic E-state index is 13.6. The third-order valence-electron chi connectivity index (χ3n) is 4.43. The molecule has 8 heteroatoms. The number of rotatable bonds is 7. The monoisotopic (exact) mass is 401 g/mol. The number of para-hydroxylation sites is 1. The van der Waals surface area contributed by atoms with Gasteiger partial charge in [-0.2, -0.15) is 0 Å². The Morgan fingerprint density at radius 2 is 2.07 bits per heavy atom. The molecule has 0 saturated heterocycles. The first-order valence-corrected chi connectivity index (χ1v) is 9.17. The zero-order valence-corrected chi connectivity index (χ0v) is 16.1. The van der Waals surface area contributed by atoms with E-state index in [4.69, 9.17) is 4.74 Å². The molecule has 0 aliphatic heterocycles. The summed E-state index contributed by atoms with van der Waals surface area (Å²) < 4.78 is 33.1. The van der Waals surface area contributed by atoms with Crippen LogP contribution in [0.3, 0.4) is 0 Å². The van der Waals surface area contributed by atoms with Crippen molar-refractivity contribution >= 4 is 16.8 Å². The van der Waals surface area contributed by atoms with Gasteiger partial charge in [0.1, 0.15) is 12.4 Å². The maximum Gasteiger partial charge on any atom is 0.261 e. The van der Waals surface area contributed by atoms with Gasteiger partial charge in [0.05, 0.1) is 23.3 Å². The first kappa shape index (κ1) is 20.4. The second-order valence-corrected chi connectivity index (χ2v) is 6.82. The molecule has 0 fully saturated rings. The molecule has 1 amide bonds. The van der Waals surface area contributed by atoms with Gasteiger partial charge in [0, 0.05) is 19.0 Å². The van der Waals surface area contributed by atoms with E-state index in [9.17, 15) is 18.4 Å². The van der Waals surface area contributed by atoms with Crippen molar-refractivity contribution in [2.24, 2.45) is 0 Å². The second kappa shape index (κ2) is 8.81. The van der Waals surface area contributed by atoms with E-state index in [1.165, 1.54) is 17.0 Å². The molecule has 3 rings (SSSR count). The number of ether oxygens (including phenoxy) is 1. The SMILES string of the molecule is Cc1cccc2c(=O)n(CCC(=O)NC(C)COc3ccc(F)cc3F)cnc12. The second-order valence-electron chi connectivity index (χ2n) is 6.82. The highest BCUT2D eigenvalue weighted by Gasteiger charge is 2.12. The van der Waals surface area contributed by atoms with Crippen LogP contribution in [0.4, 0.5) is 8.78 Å². The summed E-state index contributed by atoms with van der Waals surface area (Å²) in [4.78, 5) is 29.0. The van der Waals surface area contributed by atoms with Crippen molar-refractivity contribution in [3.63, 3.8) is 0 Å². The van der Waals surface area contributed by atoms with E-state index < -0.39 is 17.7 Å². The minimum Gasteiger partial charge on any atom is -0.488 e. The highest BCUT2D eigenvalue weighted by atomic mass is 19.1. The molecule has 1 heterocycles. The normalized spacial score (nSPS) is 12.0. The third kappa shape index (κ3) is 4.96. The minimum absolute atomic E-state index is 0.0189. The number of aryl methyl sites for hydroxylation is 2. The average molecular weight is 401 g/mol. The Bertz CT molecular complexity index is 1100. The van der Waals surface area contributed by atoms with Crippen LogP contribution in [-0.2, 0) is 11.3 Å². The van der Waals surface area contributed by atoms with Gasteiger partial charge in [-0.3, -0.25) is 14.2 Å². The fraction of sp³-hybridized carbons (Fsp3) is 0.286. The highest BCUT2D eigenvalue weighted by Crippen LogP contribution is 2.17. The largest absolute Gasteiger partial charge is 0.488 e. The molecule has 0 radical (unpaired) electrons. The molecule has 3 aromatic rings. The van der Waals surface area contributed by atoms with Gasteiger partial charge in [-0.1, -0.05) is 12.1 Å². The lowest BCUT2D eigenvalue weighted by Gasteiger charge is -2.15. The van der Waals surface area contributed by atoms with Gasteiger partial charge in [0.2, 0.25) is 5.91 Å². The summed E-state index contributed by atoms with van der Waals surface area (Å²) in [6.07, 6.45) is 1.52.